The Bertz CT molecular complexity index is 363. The van der Waals surface area contributed by atoms with Gasteiger partial charge in [0.05, 0.1) is 18.0 Å². The number of aliphatic hydroxyl groups excluding tert-OH is 1. The van der Waals surface area contributed by atoms with Crippen molar-refractivity contribution in [1.29, 1.82) is 0 Å². The normalized spacial score (nSPS) is 12.5. The summed E-state index contributed by atoms with van der Waals surface area (Å²) in [5, 5.41) is 12.2. The van der Waals surface area contributed by atoms with Gasteiger partial charge in [-0.2, -0.15) is 0 Å². The third-order valence-corrected chi connectivity index (χ3v) is 2.26. The number of carbonyl (C=O) groups is 1. The second-order valence-electron chi connectivity index (χ2n) is 4.47. The highest BCUT2D eigenvalue weighted by molar-refractivity contribution is 5.92. The van der Waals surface area contributed by atoms with E-state index in [9.17, 15) is 9.90 Å². The molecule has 0 saturated heterocycles. The molecule has 0 bridgehead atoms. The zero-order chi connectivity index (χ0) is 12.8. The molecule has 0 aliphatic rings. The molecular formula is C12H19N3O2. The topological polar surface area (TPSA) is 88.2 Å². The summed E-state index contributed by atoms with van der Waals surface area (Å²) in [6.07, 6.45) is 1.57. The van der Waals surface area contributed by atoms with Gasteiger partial charge in [-0.05, 0) is 24.5 Å². The lowest BCUT2D eigenvalue weighted by Gasteiger charge is -2.13. The Morgan fingerprint density at radius 1 is 1.53 bits per heavy atom. The van der Waals surface area contributed by atoms with Gasteiger partial charge >= 0.3 is 0 Å². The Labute approximate surface area is 101 Å². The molecule has 1 atom stereocenters. The molecule has 5 heteroatoms. The number of carbonyl (C=O) groups excluding carboxylic acids is 1. The molecule has 1 rings (SSSR count). The van der Waals surface area contributed by atoms with Crippen molar-refractivity contribution in [2.75, 3.05) is 12.3 Å². The molecule has 0 aliphatic heterocycles. The second kappa shape index (κ2) is 6.20. The fourth-order valence-corrected chi connectivity index (χ4v) is 1.47. The summed E-state index contributed by atoms with van der Waals surface area (Å²) in [4.78, 5) is 15.5. The van der Waals surface area contributed by atoms with Gasteiger partial charge in [-0.15, -0.1) is 0 Å². The predicted molar refractivity (Wildman–Crippen MR) is 66.4 cm³/mol. The SMILES string of the molecule is CC(C)CC(O)CNC(=O)c1ccc(N)cn1. The lowest BCUT2D eigenvalue weighted by Crippen LogP contribution is -2.33. The molecule has 0 radical (unpaired) electrons. The van der Waals surface area contributed by atoms with Crippen molar-refractivity contribution in [3.63, 3.8) is 0 Å². The number of rotatable bonds is 5. The molecule has 1 heterocycles. The van der Waals surface area contributed by atoms with E-state index < -0.39 is 6.10 Å². The number of anilines is 1. The highest BCUT2D eigenvalue weighted by Gasteiger charge is 2.11. The quantitative estimate of drug-likeness (QED) is 0.706. The van der Waals surface area contributed by atoms with E-state index >= 15 is 0 Å². The average molecular weight is 237 g/mol. The summed E-state index contributed by atoms with van der Waals surface area (Å²) in [6.45, 7) is 4.28. The van der Waals surface area contributed by atoms with Crippen molar-refractivity contribution in [3.05, 3.63) is 24.0 Å². The number of nitrogens with two attached hydrogens (primary N) is 1. The van der Waals surface area contributed by atoms with Crippen LogP contribution in [0.25, 0.3) is 0 Å². The maximum absolute atomic E-state index is 11.6. The minimum absolute atomic E-state index is 0.239. The highest BCUT2D eigenvalue weighted by Crippen LogP contribution is 2.04. The van der Waals surface area contributed by atoms with E-state index in [1.807, 2.05) is 13.8 Å². The summed E-state index contributed by atoms with van der Waals surface area (Å²) in [5.41, 5.74) is 6.29. The smallest absolute Gasteiger partial charge is 0.269 e. The van der Waals surface area contributed by atoms with Crippen molar-refractivity contribution in [2.24, 2.45) is 5.92 Å². The number of hydrogen-bond donors (Lipinski definition) is 3. The predicted octanol–water partition coefficient (Wildman–Crippen LogP) is 0.801. The number of nitrogens with zero attached hydrogens (tertiary/aromatic N) is 1. The van der Waals surface area contributed by atoms with E-state index in [4.69, 9.17) is 5.73 Å². The van der Waals surface area contributed by atoms with Crippen LogP contribution in [-0.4, -0.2) is 28.6 Å². The first-order valence-corrected chi connectivity index (χ1v) is 5.67. The minimum Gasteiger partial charge on any atom is -0.397 e. The maximum atomic E-state index is 11.6. The van der Waals surface area contributed by atoms with Crippen LogP contribution in [0.4, 0.5) is 5.69 Å². The molecule has 0 fully saturated rings. The summed E-state index contributed by atoms with van der Waals surface area (Å²) in [6, 6.07) is 3.17. The Morgan fingerprint density at radius 3 is 2.76 bits per heavy atom. The molecular weight excluding hydrogens is 218 g/mol. The standard InChI is InChI=1S/C12H19N3O2/c1-8(2)5-10(16)7-15-12(17)11-4-3-9(13)6-14-11/h3-4,6,8,10,16H,5,7,13H2,1-2H3,(H,15,17). The van der Waals surface area contributed by atoms with Gasteiger partial charge in [0, 0.05) is 6.54 Å². The van der Waals surface area contributed by atoms with Gasteiger partial charge in [-0.1, -0.05) is 13.8 Å². The molecule has 94 valence electrons. The number of nitrogens with one attached hydrogen (secondary N) is 1. The van der Waals surface area contributed by atoms with Crippen LogP contribution in [-0.2, 0) is 0 Å². The van der Waals surface area contributed by atoms with Crippen LogP contribution < -0.4 is 11.1 Å². The van der Waals surface area contributed by atoms with Gasteiger partial charge in [0.25, 0.3) is 5.91 Å². The van der Waals surface area contributed by atoms with E-state index in [2.05, 4.69) is 10.3 Å². The van der Waals surface area contributed by atoms with E-state index in [0.29, 0.717) is 23.7 Å². The van der Waals surface area contributed by atoms with E-state index in [1.165, 1.54) is 6.20 Å². The van der Waals surface area contributed by atoms with Gasteiger partial charge in [0.1, 0.15) is 5.69 Å². The number of pyridine rings is 1. The molecule has 1 aromatic heterocycles. The molecule has 0 aliphatic carbocycles. The number of nitrogen functional groups attached to an aromatic ring is 1. The third kappa shape index (κ3) is 4.82. The van der Waals surface area contributed by atoms with Crippen molar-refractivity contribution < 1.29 is 9.90 Å². The molecule has 5 nitrogen and oxygen atoms in total. The average Bonchev–Trinajstić information content (AvgIpc) is 2.26. The molecule has 0 saturated carbocycles. The van der Waals surface area contributed by atoms with Gasteiger partial charge < -0.3 is 16.2 Å². The van der Waals surface area contributed by atoms with Crippen LogP contribution in [0, 0.1) is 5.92 Å². The fraction of sp³-hybridized carbons (Fsp3) is 0.500. The van der Waals surface area contributed by atoms with Crippen molar-refractivity contribution in [1.82, 2.24) is 10.3 Å². The van der Waals surface area contributed by atoms with Crippen LogP contribution in [0.15, 0.2) is 18.3 Å². The first kappa shape index (κ1) is 13.4. The van der Waals surface area contributed by atoms with Crippen LogP contribution in [0.2, 0.25) is 0 Å². The first-order valence-electron chi connectivity index (χ1n) is 5.67. The maximum Gasteiger partial charge on any atom is 0.269 e. The lowest BCUT2D eigenvalue weighted by molar-refractivity contribution is 0.0895. The fourth-order valence-electron chi connectivity index (χ4n) is 1.47. The van der Waals surface area contributed by atoms with Crippen molar-refractivity contribution in [2.45, 2.75) is 26.4 Å². The number of aliphatic hydroxyl groups is 1. The third-order valence-electron chi connectivity index (χ3n) is 2.26. The minimum atomic E-state index is -0.521. The molecule has 17 heavy (non-hydrogen) atoms. The summed E-state index contributed by atoms with van der Waals surface area (Å²) >= 11 is 0. The zero-order valence-corrected chi connectivity index (χ0v) is 10.2. The van der Waals surface area contributed by atoms with Gasteiger partial charge in [-0.25, -0.2) is 4.98 Å². The summed E-state index contributed by atoms with van der Waals surface area (Å²) in [7, 11) is 0. The summed E-state index contributed by atoms with van der Waals surface area (Å²) < 4.78 is 0. The Kier molecular flexibility index (Phi) is 4.90. The molecule has 1 unspecified atom stereocenters. The lowest BCUT2D eigenvalue weighted by atomic mass is 10.1. The Balaban J connectivity index is 2.42. The number of amides is 1. The van der Waals surface area contributed by atoms with E-state index in [1.54, 1.807) is 12.1 Å². The van der Waals surface area contributed by atoms with Crippen molar-refractivity contribution >= 4 is 11.6 Å². The molecule has 0 spiro atoms. The monoisotopic (exact) mass is 237 g/mol. The van der Waals surface area contributed by atoms with Crippen LogP contribution in [0.5, 0.6) is 0 Å². The Hall–Kier alpha value is -1.62. The molecule has 1 amide bonds. The number of hydrogen-bond acceptors (Lipinski definition) is 4. The molecule has 4 N–H and O–H groups in total. The van der Waals surface area contributed by atoms with E-state index in [0.717, 1.165) is 0 Å². The van der Waals surface area contributed by atoms with Gasteiger partial charge in [0.15, 0.2) is 0 Å². The van der Waals surface area contributed by atoms with E-state index in [-0.39, 0.29) is 12.5 Å². The first-order chi connectivity index (χ1) is 7.99. The molecule has 1 aromatic rings. The summed E-state index contributed by atoms with van der Waals surface area (Å²) in [5.74, 6) is 0.101. The highest BCUT2D eigenvalue weighted by atomic mass is 16.3. The van der Waals surface area contributed by atoms with Crippen LogP contribution >= 0.6 is 0 Å². The largest absolute Gasteiger partial charge is 0.397 e. The van der Waals surface area contributed by atoms with Crippen LogP contribution in [0.1, 0.15) is 30.8 Å². The zero-order valence-electron chi connectivity index (χ0n) is 10.2. The molecule has 0 aromatic carbocycles. The van der Waals surface area contributed by atoms with Crippen LogP contribution in [0.3, 0.4) is 0 Å². The second-order valence-corrected chi connectivity index (χ2v) is 4.47. The number of aromatic nitrogens is 1. The Morgan fingerprint density at radius 2 is 2.24 bits per heavy atom. The van der Waals surface area contributed by atoms with Gasteiger partial charge in [-0.3, -0.25) is 4.79 Å². The van der Waals surface area contributed by atoms with Gasteiger partial charge in [0.2, 0.25) is 0 Å². The van der Waals surface area contributed by atoms with Crippen molar-refractivity contribution in [3.8, 4) is 0 Å².